The summed E-state index contributed by atoms with van der Waals surface area (Å²) < 4.78 is 67.1. The minimum absolute atomic E-state index is 0.0423. The number of ether oxygens (including phenoxy) is 10. The van der Waals surface area contributed by atoms with E-state index in [-0.39, 0.29) is 46.2 Å². The number of carbonyl (C=O) groups is 1. The summed E-state index contributed by atoms with van der Waals surface area (Å²) in [6.07, 6.45) is -10.8. The molecule has 2 heterocycles. The van der Waals surface area contributed by atoms with Gasteiger partial charge in [-0.25, -0.2) is 0 Å². The molecule has 374 valence electrons. The third-order valence-electron chi connectivity index (χ3n) is 12.3. The fourth-order valence-corrected chi connectivity index (χ4v) is 8.46. The van der Waals surface area contributed by atoms with Crippen molar-refractivity contribution in [2.24, 2.45) is 5.41 Å². The average molecular weight is 967 g/mol. The first kappa shape index (κ1) is 51.7. The van der Waals surface area contributed by atoms with Gasteiger partial charge in [0.25, 0.3) is 0 Å². The van der Waals surface area contributed by atoms with Crippen molar-refractivity contribution in [3.8, 4) is 0 Å². The molecule has 2 fully saturated rings. The molecule has 8 rings (SSSR count). The lowest BCUT2D eigenvalue weighted by atomic mass is 9.94. The highest BCUT2D eigenvalue weighted by Gasteiger charge is 2.55. The fourth-order valence-electron chi connectivity index (χ4n) is 8.46. The predicted molar refractivity (Wildman–Crippen MR) is 266 cm³/mol. The zero-order valence-electron chi connectivity index (χ0n) is 40.7. The molecule has 6 aromatic rings. The van der Waals surface area contributed by atoms with E-state index in [0.717, 1.165) is 33.4 Å². The molecule has 0 unspecified atom stereocenters. The Balaban J connectivity index is 1.16. The molecule has 12 nitrogen and oxygen atoms in total. The zero-order valence-corrected chi connectivity index (χ0v) is 40.7. The van der Waals surface area contributed by atoms with Crippen LogP contribution in [0.3, 0.4) is 0 Å². The van der Waals surface area contributed by atoms with Crippen LogP contribution in [0.15, 0.2) is 182 Å². The fraction of sp³-hybridized carbons (Fsp3) is 0.373. The zero-order chi connectivity index (χ0) is 49.3. The van der Waals surface area contributed by atoms with Crippen LogP contribution in [0.4, 0.5) is 0 Å². The van der Waals surface area contributed by atoms with E-state index in [4.69, 9.17) is 47.4 Å². The van der Waals surface area contributed by atoms with E-state index in [1.54, 1.807) is 20.8 Å². The number of aliphatic hydroxyl groups is 1. The monoisotopic (exact) mass is 966 g/mol. The molecule has 2 aliphatic heterocycles. The van der Waals surface area contributed by atoms with Gasteiger partial charge in [0.1, 0.15) is 42.7 Å². The molecular weight excluding hydrogens is 901 g/mol. The van der Waals surface area contributed by atoms with Crippen LogP contribution in [0, 0.1) is 5.41 Å². The molecule has 0 bridgehead atoms. The molecule has 0 spiro atoms. The molecular formula is C59H66O12. The second kappa shape index (κ2) is 26.2. The van der Waals surface area contributed by atoms with Crippen molar-refractivity contribution in [2.75, 3.05) is 13.2 Å². The van der Waals surface area contributed by atoms with Crippen LogP contribution in [-0.4, -0.2) is 85.7 Å². The van der Waals surface area contributed by atoms with Gasteiger partial charge >= 0.3 is 5.97 Å². The Morgan fingerprint density at radius 1 is 0.423 bits per heavy atom. The van der Waals surface area contributed by atoms with Crippen LogP contribution in [0.1, 0.15) is 54.2 Å². The highest BCUT2D eigenvalue weighted by Crippen LogP contribution is 2.37. The number of hydrogen-bond acceptors (Lipinski definition) is 12. The Labute approximate surface area is 417 Å². The Bertz CT molecular complexity index is 2420. The minimum Gasteiger partial charge on any atom is -0.454 e. The van der Waals surface area contributed by atoms with Gasteiger partial charge in [-0.1, -0.05) is 182 Å². The topological polar surface area (TPSA) is 130 Å². The van der Waals surface area contributed by atoms with Crippen molar-refractivity contribution in [3.05, 3.63) is 215 Å². The second-order valence-corrected chi connectivity index (χ2v) is 18.9. The molecule has 71 heavy (non-hydrogen) atoms. The van der Waals surface area contributed by atoms with Gasteiger partial charge in [0.05, 0.1) is 58.3 Å². The van der Waals surface area contributed by atoms with Crippen LogP contribution in [0.2, 0.25) is 0 Å². The standard InChI is InChI=1S/C59H66O12/c1-59(2,3)58(61)71-55-53(67-39-47-32-20-9-21-33-47)51(65-37-45-28-16-7-17-29-45)49(41-63-35-43-24-12-5-13-25-43)69-57(55)70-54-52(66-38-46-30-18-8-19-31-46)50(64-36-44-26-14-6-15-27-44)48(68-56(54)60)40-62-34-42-22-10-4-11-23-42/h4-33,48-57,60H,34-41H2,1-3H3/t48-,49-,50-,51-,52+,53+,54-,55-,56-,57+/m1/s1. The maximum atomic E-state index is 14.2. The number of benzene rings is 6. The van der Waals surface area contributed by atoms with Crippen LogP contribution >= 0.6 is 0 Å². The second-order valence-electron chi connectivity index (χ2n) is 18.9. The van der Waals surface area contributed by atoms with Crippen molar-refractivity contribution in [3.63, 3.8) is 0 Å². The summed E-state index contributed by atoms with van der Waals surface area (Å²) in [4.78, 5) is 14.2. The van der Waals surface area contributed by atoms with Gasteiger partial charge in [-0.15, -0.1) is 0 Å². The molecule has 0 aromatic heterocycles. The summed E-state index contributed by atoms with van der Waals surface area (Å²) in [5.74, 6) is -0.523. The highest BCUT2D eigenvalue weighted by atomic mass is 16.8. The number of hydrogen-bond donors (Lipinski definition) is 1. The normalized spacial score (nSPS) is 24.6. The van der Waals surface area contributed by atoms with E-state index in [2.05, 4.69) is 0 Å². The first-order valence-corrected chi connectivity index (χ1v) is 24.4. The molecule has 12 heteroatoms. The van der Waals surface area contributed by atoms with E-state index in [1.807, 2.05) is 182 Å². The minimum atomic E-state index is -1.59. The van der Waals surface area contributed by atoms with Crippen LogP contribution in [-0.2, 0) is 91.8 Å². The molecule has 10 atom stereocenters. The lowest BCUT2D eigenvalue weighted by Gasteiger charge is -2.49. The van der Waals surface area contributed by atoms with E-state index in [9.17, 15) is 9.90 Å². The van der Waals surface area contributed by atoms with Crippen molar-refractivity contribution in [2.45, 2.75) is 122 Å². The van der Waals surface area contributed by atoms with Gasteiger partial charge in [0.2, 0.25) is 0 Å². The van der Waals surface area contributed by atoms with Gasteiger partial charge in [-0.2, -0.15) is 0 Å². The maximum absolute atomic E-state index is 14.2. The highest BCUT2D eigenvalue weighted by molar-refractivity contribution is 5.75. The number of aliphatic hydroxyl groups excluding tert-OH is 1. The first-order chi connectivity index (χ1) is 34.7. The number of esters is 1. The average Bonchev–Trinajstić information content (AvgIpc) is 3.39. The van der Waals surface area contributed by atoms with Gasteiger partial charge in [0.15, 0.2) is 18.7 Å². The Hall–Kier alpha value is -5.61. The molecule has 0 aliphatic carbocycles. The molecule has 0 saturated carbocycles. The van der Waals surface area contributed by atoms with E-state index in [0.29, 0.717) is 6.61 Å². The van der Waals surface area contributed by atoms with Crippen LogP contribution < -0.4 is 0 Å². The van der Waals surface area contributed by atoms with Crippen molar-refractivity contribution >= 4 is 5.97 Å². The van der Waals surface area contributed by atoms with Crippen LogP contribution in [0.25, 0.3) is 0 Å². The van der Waals surface area contributed by atoms with E-state index in [1.165, 1.54) is 0 Å². The van der Waals surface area contributed by atoms with Gasteiger partial charge in [-0.3, -0.25) is 4.79 Å². The summed E-state index contributed by atoms with van der Waals surface area (Å²) in [6.45, 7) is 6.70. The predicted octanol–water partition coefficient (Wildman–Crippen LogP) is 9.55. The molecule has 0 amide bonds. The van der Waals surface area contributed by atoms with Gasteiger partial charge in [0, 0.05) is 0 Å². The Morgan fingerprint density at radius 2 is 0.732 bits per heavy atom. The maximum Gasteiger partial charge on any atom is 0.311 e. The summed E-state index contributed by atoms with van der Waals surface area (Å²) in [6, 6.07) is 58.7. The van der Waals surface area contributed by atoms with E-state index >= 15 is 0 Å². The molecule has 2 aliphatic rings. The first-order valence-electron chi connectivity index (χ1n) is 24.4. The molecule has 6 aromatic carbocycles. The van der Waals surface area contributed by atoms with Gasteiger partial charge in [-0.05, 0) is 54.2 Å². The third-order valence-corrected chi connectivity index (χ3v) is 12.3. The number of rotatable bonds is 23. The Morgan fingerprint density at radius 3 is 1.08 bits per heavy atom. The number of carbonyl (C=O) groups excluding carboxylic acids is 1. The summed E-state index contributed by atoms with van der Waals surface area (Å²) in [5, 5.41) is 12.3. The molecule has 1 N–H and O–H groups in total. The largest absolute Gasteiger partial charge is 0.454 e. The quantitative estimate of drug-likeness (QED) is 0.0614. The van der Waals surface area contributed by atoms with Gasteiger partial charge < -0.3 is 52.5 Å². The third kappa shape index (κ3) is 15.2. The molecule has 2 saturated heterocycles. The lowest BCUT2D eigenvalue weighted by molar-refractivity contribution is -0.375. The van der Waals surface area contributed by atoms with Crippen molar-refractivity contribution in [1.29, 1.82) is 0 Å². The van der Waals surface area contributed by atoms with E-state index < -0.39 is 72.8 Å². The Kier molecular flexibility index (Phi) is 19.1. The molecule has 0 radical (unpaired) electrons. The SMILES string of the molecule is CC(C)(C)C(=O)O[C@H]1[C@H](O[C@@H]2[C@@H](OCc3ccccc3)[C@H](OCc3ccccc3)[C@@H](COCc3ccccc3)O[C@H]2O)O[C@H](COCc2ccccc2)[C@@H](OCc2ccccc2)[C@@H]1OCc1ccccc1. The summed E-state index contributed by atoms with van der Waals surface area (Å²) in [5.41, 5.74) is 4.63. The summed E-state index contributed by atoms with van der Waals surface area (Å²) >= 11 is 0. The van der Waals surface area contributed by atoms with Crippen LogP contribution in [0.5, 0.6) is 0 Å². The summed E-state index contributed by atoms with van der Waals surface area (Å²) in [7, 11) is 0. The smallest absolute Gasteiger partial charge is 0.311 e. The van der Waals surface area contributed by atoms with Crippen molar-refractivity contribution < 1.29 is 57.3 Å². The van der Waals surface area contributed by atoms with Crippen molar-refractivity contribution in [1.82, 2.24) is 0 Å². The lowest BCUT2D eigenvalue weighted by Crippen LogP contribution is -2.66.